The number of unbranched alkanes of at least 4 members (excludes halogenated alkanes) is 2. The maximum atomic E-state index is 13.3. The van der Waals surface area contributed by atoms with Crippen LogP contribution in [0.15, 0.2) is 12.1 Å². The van der Waals surface area contributed by atoms with Crippen LogP contribution in [0.3, 0.4) is 0 Å². The Balaban J connectivity index is 0.00000176. The molecule has 2 rings (SSSR count). The molecule has 1 aromatic rings. The minimum atomic E-state index is -0.635. The van der Waals surface area contributed by atoms with E-state index in [1.54, 1.807) is 0 Å². The molecule has 0 aliphatic heterocycles. The molecule has 152 valence electrons. The van der Waals surface area contributed by atoms with E-state index in [0.717, 1.165) is 61.6 Å². The van der Waals surface area contributed by atoms with Crippen LogP contribution in [0.1, 0.15) is 78.9 Å². The van der Waals surface area contributed by atoms with Crippen LogP contribution in [-0.2, 0) is 14.1 Å². The van der Waals surface area contributed by atoms with Crippen molar-refractivity contribution in [3.63, 3.8) is 0 Å². The van der Waals surface area contributed by atoms with Crippen molar-refractivity contribution in [2.24, 2.45) is 11.8 Å². The zero-order valence-corrected chi connectivity index (χ0v) is 18.7. The molecule has 5 heteroatoms. The molecule has 0 heterocycles. The molecule has 4 nitrogen and oxygen atoms in total. The number of ketones is 1. The van der Waals surface area contributed by atoms with E-state index >= 15 is 0 Å². The second-order valence-electron chi connectivity index (χ2n) is 7.53. The van der Waals surface area contributed by atoms with Crippen molar-refractivity contribution in [1.82, 2.24) is 0 Å². The average Bonchev–Trinajstić information content (AvgIpc) is 3.14. The lowest BCUT2D eigenvalue weighted by Gasteiger charge is -2.23. The minimum Gasteiger partial charge on any atom is -0.465 e. The number of ether oxygens (including phenoxy) is 1. The van der Waals surface area contributed by atoms with E-state index in [9.17, 15) is 9.59 Å². The van der Waals surface area contributed by atoms with Crippen LogP contribution in [0.4, 0.5) is 0 Å². The van der Waals surface area contributed by atoms with Crippen LogP contribution < -0.4 is 0 Å². The molecule has 2 unspecified atom stereocenters. The number of Topliss-reactive ketones (excluding diaryl/α,β-unsaturated/α-hetero) is 1. The van der Waals surface area contributed by atoms with Gasteiger partial charge in [0.1, 0.15) is 5.92 Å². The van der Waals surface area contributed by atoms with Gasteiger partial charge in [0.25, 0.3) is 0 Å². The molecular weight excluding hydrogens is 359 g/mol. The molecule has 0 bridgehead atoms. The highest BCUT2D eigenvalue weighted by Crippen LogP contribution is 2.35. The second kappa shape index (κ2) is 12.1. The van der Waals surface area contributed by atoms with Gasteiger partial charge in [-0.3, -0.25) is 9.59 Å². The number of esters is 1. The average molecular weight is 394 g/mol. The fourth-order valence-electron chi connectivity index (χ4n) is 4.14. The quantitative estimate of drug-likeness (QED) is 0.198. The van der Waals surface area contributed by atoms with Gasteiger partial charge in [0, 0.05) is 5.56 Å². The SMILES string of the molecule is CCCCCOC(=O)C(C(=O)c1c(C)cc(C)cc1C)C1CCCC1.O=[PH3]. The van der Waals surface area contributed by atoms with Crippen molar-refractivity contribution >= 4 is 20.9 Å². The highest BCUT2D eigenvalue weighted by Gasteiger charge is 2.38. The topological polar surface area (TPSA) is 60.4 Å². The summed E-state index contributed by atoms with van der Waals surface area (Å²) in [6.45, 7) is 8.51. The van der Waals surface area contributed by atoms with E-state index in [1.165, 1.54) is 0 Å². The number of carbonyl (C=O) groups is 2. The summed E-state index contributed by atoms with van der Waals surface area (Å²) < 4.78 is 13.8. The van der Waals surface area contributed by atoms with Gasteiger partial charge in [-0.15, -0.1) is 0 Å². The maximum Gasteiger partial charge on any atom is 0.317 e. The summed E-state index contributed by atoms with van der Waals surface area (Å²) in [6.07, 6.45) is 7.11. The normalized spacial score (nSPS) is 15.1. The number of rotatable bonds is 8. The fraction of sp³-hybridized carbons (Fsp3) is 0.636. The van der Waals surface area contributed by atoms with Crippen molar-refractivity contribution in [2.75, 3.05) is 6.61 Å². The van der Waals surface area contributed by atoms with Gasteiger partial charge in [0.15, 0.2) is 5.78 Å². The predicted molar refractivity (Wildman–Crippen MR) is 113 cm³/mol. The Morgan fingerprint density at radius 1 is 1.07 bits per heavy atom. The number of benzene rings is 1. The van der Waals surface area contributed by atoms with E-state index in [2.05, 4.69) is 6.92 Å². The lowest BCUT2D eigenvalue weighted by atomic mass is 9.82. The number of hydrogen-bond acceptors (Lipinski definition) is 4. The Labute approximate surface area is 165 Å². The van der Waals surface area contributed by atoms with Gasteiger partial charge in [0.2, 0.25) is 0 Å². The molecule has 1 aliphatic rings. The molecule has 0 radical (unpaired) electrons. The first kappa shape index (κ1) is 23.6. The van der Waals surface area contributed by atoms with Crippen LogP contribution in [0.25, 0.3) is 0 Å². The Bertz CT molecular complexity index is 612. The number of carbonyl (C=O) groups excluding carboxylic acids is 2. The monoisotopic (exact) mass is 394 g/mol. The molecule has 0 saturated heterocycles. The van der Waals surface area contributed by atoms with Gasteiger partial charge in [-0.05, 0) is 57.1 Å². The Morgan fingerprint density at radius 3 is 2.15 bits per heavy atom. The number of aryl methyl sites for hydroxylation is 3. The van der Waals surface area contributed by atoms with Gasteiger partial charge < -0.3 is 9.30 Å². The van der Waals surface area contributed by atoms with Crippen LogP contribution in [0, 0.1) is 32.6 Å². The molecule has 1 aliphatic carbocycles. The van der Waals surface area contributed by atoms with Crippen LogP contribution in [0.5, 0.6) is 0 Å². The molecule has 0 amide bonds. The predicted octanol–water partition coefficient (Wildman–Crippen LogP) is 5.27. The molecule has 1 fully saturated rings. The Kier molecular flexibility index (Phi) is 10.6. The third-order valence-electron chi connectivity index (χ3n) is 5.32. The molecule has 0 spiro atoms. The number of hydrogen-bond donors (Lipinski definition) is 0. The van der Waals surface area contributed by atoms with Crippen LogP contribution >= 0.6 is 9.12 Å². The van der Waals surface area contributed by atoms with E-state index in [0.29, 0.717) is 21.3 Å². The highest BCUT2D eigenvalue weighted by atomic mass is 31.0. The van der Waals surface area contributed by atoms with Gasteiger partial charge in [0.05, 0.1) is 15.7 Å². The molecule has 1 saturated carbocycles. The summed E-state index contributed by atoms with van der Waals surface area (Å²) in [5.41, 5.74) is 3.78. The fourth-order valence-corrected chi connectivity index (χ4v) is 4.14. The lowest BCUT2D eigenvalue weighted by molar-refractivity contribution is -0.148. The first-order valence-corrected chi connectivity index (χ1v) is 10.6. The third-order valence-corrected chi connectivity index (χ3v) is 5.32. The lowest BCUT2D eigenvalue weighted by Crippen LogP contribution is -2.33. The maximum absolute atomic E-state index is 13.3. The summed E-state index contributed by atoms with van der Waals surface area (Å²) >= 11 is 0. The first-order valence-electron chi connectivity index (χ1n) is 10.0. The largest absolute Gasteiger partial charge is 0.465 e. The zero-order valence-electron chi connectivity index (χ0n) is 17.3. The van der Waals surface area contributed by atoms with Crippen molar-refractivity contribution in [2.45, 2.75) is 72.6 Å². The van der Waals surface area contributed by atoms with Crippen LogP contribution in [-0.4, -0.2) is 18.4 Å². The van der Waals surface area contributed by atoms with E-state index in [4.69, 9.17) is 9.30 Å². The molecule has 27 heavy (non-hydrogen) atoms. The molecule has 0 N–H and O–H groups in total. The van der Waals surface area contributed by atoms with Crippen molar-refractivity contribution in [3.05, 3.63) is 34.4 Å². The standard InChI is InChI=1S/C22H32O3.H3OP/c1-5-6-9-12-25-22(24)20(18-10-7-8-11-18)21(23)19-16(3)13-15(2)14-17(19)4;1-2/h13-14,18,20H,5-12H2,1-4H3;2H3. The Morgan fingerprint density at radius 2 is 1.63 bits per heavy atom. The molecular formula is C22H35O4P. The van der Waals surface area contributed by atoms with Gasteiger partial charge in [-0.1, -0.05) is 50.3 Å². The smallest absolute Gasteiger partial charge is 0.317 e. The first-order chi connectivity index (χ1) is 13.0. The van der Waals surface area contributed by atoms with Crippen molar-refractivity contribution in [1.29, 1.82) is 0 Å². The summed E-state index contributed by atoms with van der Waals surface area (Å²) in [5, 5.41) is 0. The minimum absolute atomic E-state index is 0.0395. The molecule has 0 aromatic heterocycles. The van der Waals surface area contributed by atoms with E-state index in [1.807, 2.05) is 32.9 Å². The van der Waals surface area contributed by atoms with Gasteiger partial charge >= 0.3 is 5.97 Å². The molecule has 2 atom stereocenters. The van der Waals surface area contributed by atoms with Crippen molar-refractivity contribution in [3.8, 4) is 0 Å². The zero-order chi connectivity index (χ0) is 20.4. The summed E-state index contributed by atoms with van der Waals surface area (Å²) in [5.74, 6) is -0.856. The summed E-state index contributed by atoms with van der Waals surface area (Å²) in [4.78, 5) is 26.1. The highest BCUT2D eigenvalue weighted by molar-refractivity contribution is 7.00. The third kappa shape index (κ3) is 6.60. The van der Waals surface area contributed by atoms with Gasteiger partial charge in [-0.2, -0.15) is 0 Å². The van der Waals surface area contributed by atoms with Crippen LogP contribution in [0.2, 0.25) is 0 Å². The Hall–Kier alpha value is -1.41. The summed E-state index contributed by atoms with van der Waals surface area (Å²) in [6, 6.07) is 4.05. The molecule has 1 aromatic carbocycles. The van der Waals surface area contributed by atoms with Gasteiger partial charge in [-0.25, -0.2) is 0 Å². The van der Waals surface area contributed by atoms with E-state index < -0.39 is 5.92 Å². The van der Waals surface area contributed by atoms with Crippen molar-refractivity contribution < 1.29 is 18.9 Å². The van der Waals surface area contributed by atoms with E-state index in [-0.39, 0.29) is 17.7 Å². The summed E-state index contributed by atoms with van der Waals surface area (Å²) in [7, 11) is 0.611. The second-order valence-corrected chi connectivity index (χ2v) is 7.53.